The van der Waals surface area contributed by atoms with E-state index in [1.807, 2.05) is 0 Å². The second-order valence-electron chi connectivity index (χ2n) is 3.64. The van der Waals surface area contributed by atoms with Gasteiger partial charge in [-0.1, -0.05) is 6.92 Å². The lowest BCUT2D eigenvalue weighted by Gasteiger charge is -2.32. The van der Waals surface area contributed by atoms with Gasteiger partial charge in [0.2, 0.25) is 0 Å². The molecule has 0 amide bonds. The molecule has 0 aromatic rings. The van der Waals surface area contributed by atoms with Gasteiger partial charge < -0.3 is 5.73 Å². The molecule has 3 heteroatoms. The molecule has 1 heterocycles. The lowest BCUT2D eigenvalue weighted by molar-refractivity contribution is 0.268. The van der Waals surface area contributed by atoms with Crippen LogP contribution in [0, 0.1) is 0 Å². The number of hydrogen-bond donors (Lipinski definition) is 1. The van der Waals surface area contributed by atoms with Crippen molar-refractivity contribution in [2.75, 3.05) is 25.4 Å². The number of nitrogens with zero attached hydrogens (tertiary/aromatic N) is 1. The van der Waals surface area contributed by atoms with Crippen LogP contribution in [0.2, 0.25) is 0 Å². The largest absolute Gasteiger partial charge is 0.327 e. The van der Waals surface area contributed by atoms with Crippen LogP contribution < -0.4 is 5.73 Å². The maximum atomic E-state index is 5.76. The average Bonchev–Trinajstić information content (AvgIpc) is 2.03. The molecular weight excluding hydrogens is 168 g/mol. The molecule has 0 aromatic heterocycles. The first-order chi connectivity index (χ1) is 5.72. The van der Waals surface area contributed by atoms with E-state index in [9.17, 15) is 0 Å². The fourth-order valence-corrected chi connectivity index (χ4v) is 2.85. The van der Waals surface area contributed by atoms with Crippen LogP contribution in [0.4, 0.5) is 0 Å². The Bertz CT molecular complexity index is 128. The molecule has 0 radical (unpaired) electrons. The van der Waals surface area contributed by atoms with Crippen molar-refractivity contribution in [3.63, 3.8) is 0 Å². The second-order valence-corrected chi connectivity index (χ2v) is 5.05. The summed E-state index contributed by atoms with van der Waals surface area (Å²) in [5.74, 6) is 1.28. The van der Waals surface area contributed by atoms with E-state index in [4.69, 9.17) is 5.73 Å². The molecule has 2 nitrogen and oxygen atoms in total. The van der Waals surface area contributed by atoms with Crippen molar-refractivity contribution in [2.24, 2.45) is 5.73 Å². The van der Waals surface area contributed by atoms with Gasteiger partial charge in [0.05, 0.1) is 0 Å². The summed E-state index contributed by atoms with van der Waals surface area (Å²) in [6.45, 7) is 7.89. The van der Waals surface area contributed by atoms with E-state index in [0.717, 1.165) is 11.8 Å². The molecule has 12 heavy (non-hydrogen) atoms. The molecule has 72 valence electrons. The topological polar surface area (TPSA) is 29.3 Å². The zero-order valence-electron chi connectivity index (χ0n) is 8.12. The Morgan fingerprint density at radius 2 is 2.42 bits per heavy atom. The summed E-state index contributed by atoms with van der Waals surface area (Å²) >= 11 is 2.11. The zero-order valence-corrected chi connectivity index (χ0v) is 8.94. The molecule has 1 saturated heterocycles. The smallest absolute Gasteiger partial charge is 0.0172 e. The third-order valence-electron chi connectivity index (χ3n) is 2.22. The predicted molar refractivity (Wildman–Crippen MR) is 56.6 cm³/mol. The molecule has 0 saturated carbocycles. The van der Waals surface area contributed by atoms with Gasteiger partial charge in [-0.3, -0.25) is 4.90 Å². The minimum atomic E-state index is 0.325. The van der Waals surface area contributed by atoms with E-state index < -0.39 is 0 Å². The number of rotatable bonds is 3. The molecule has 1 unspecified atom stereocenters. The van der Waals surface area contributed by atoms with Gasteiger partial charge in [-0.2, -0.15) is 11.8 Å². The van der Waals surface area contributed by atoms with E-state index in [1.165, 1.54) is 25.3 Å². The minimum Gasteiger partial charge on any atom is -0.327 e. The van der Waals surface area contributed by atoms with E-state index in [1.54, 1.807) is 0 Å². The van der Waals surface area contributed by atoms with Gasteiger partial charge in [0.25, 0.3) is 0 Å². The molecule has 0 aliphatic carbocycles. The van der Waals surface area contributed by atoms with Gasteiger partial charge in [0.1, 0.15) is 0 Å². The lowest BCUT2D eigenvalue weighted by atomic mass is 10.2. The van der Waals surface area contributed by atoms with Crippen LogP contribution in [0.15, 0.2) is 0 Å². The maximum Gasteiger partial charge on any atom is 0.0172 e. The van der Waals surface area contributed by atoms with Crippen molar-refractivity contribution in [1.82, 2.24) is 4.90 Å². The van der Waals surface area contributed by atoms with Gasteiger partial charge in [-0.15, -0.1) is 0 Å². The SMILES string of the molecule is CCC1CN(C[C@@H](C)N)CCS1. The Morgan fingerprint density at radius 1 is 1.67 bits per heavy atom. The summed E-state index contributed by atoms with van der Waals surface area (Å²) in [7, 11) is 0. The molecule has 0 aromatic carbocycles. The fraction of sp³-hybridized carbons (Fsp3) is 1.00. The molecular formula is C9H20N2S. The highest BCUT2D eigenvalue weighted by Crippen LogP contribution is 2.20. The Labute approximate surface area is 79.9 Å². The van der Waals surface area contributed by atoms with Crippen LogP contribution in [-0.2, 0) is 0 Å². The Hall–Kier alpha value is 0.270. The maximum absolute atomic E-state index is 5.76. The van der Waals surface area contributed by atoms with Crippen LogP contribution in [0.1, 0.15) is 20.3 Å². The summed E-state index contributed by atoms with van der Waals surface area (Å²) in [4.78, 5) is 2.50. The van der Waals surface area contributed by atoms with Gasteiger partial charge in [0, 0.05) is 36.7 Å². The van der Waals surface area contributed by atoms with Crippen LogP contribution in [0.25, 0.3) is 0 Å². The first kappa shape index (κ1) is 10.4. The summed E-state index contributed by atoms with van der Waals surface area (Å²) in [6, 6.07) is 0.325. The van der Waals surface area contributed by atoms with Crippen LogP contribution in [0.3, 0.4) is 0 Å². The molecule has 1 aliphatic rings. The fourth-order valence-electron chi connectivity index (χ4n) is 1.60. The van der Waals surface area contributed by atoms with Crippen LogP contribution in [0.5, 0.6) is 0 Å². The van der Waals surface area contributed by atoms with Crippen LogP contribution in [-0.4, -0.2) is 41.6 Å². The standard InChI is InChI=1S/C9H20N2S/c1-3-9-7-11(4-5-12-9)6-8(2)10/h8-9H,3-7,10H2,1-2H3/t8-,9?/m1/s1. The monoisotopic (exact) mass is 188 g/mol. The Morgan fingerprint density at radius 3 is 3.00 bits per heavy atom. The van der Waals surface area contributed by atoms with Crippen LogP contribution >= 0.6 is 11.8 Å². The predicted octanol–water partition coefficient (Wildman–Crippen LogP) is 1.16. The minimum absolute atomic E-state index is 0.325. The average molecular weight is 188 g/mol. The summed E-state index contributed by atoms with van der Waals surface area (Å²) in [5, 5.41) is 0.845. The second kappa shape index (κ2) is 5.10. The third kappa shape index (κ3) is 3.33. The summed E-state index contributed by atoms with van der Waals surface area (Å²) < 4.78 is 0. The van der Waals surface area contributed by atoms with Crippen molar-refractivity contribution >= 4 is 11.8 Å². The van der Waals surface area contributed by atoms with Crippen molar-refractivity contribution < 1.29 is 0 Å². The molecule has 1 aliphatic heterocycles. The van der Waals surface area contributed by atoms with Gasteiger partial charge >= 0.3 is 0 Å². The Kier molecular flexibility index (Phi) is 4.40. The normalized spacial score (nSPS) is 28.8. The number of hydrogen-bond acceptors (Lipinski definition) is 3. The Balaban J connectivity index is 2.25. The highest BCUT2D eigenvalue weighted by Gasteiger charge is 2.18. The van der Waals surface area contributed by atoms with E-state index >= 15 is 0 Å². The first-order valence-electron chi connectivity index (χ1n) is 4.82. The molecule has 1 rings (SSSR count). The van der Waals surface area contributed by atoms with E-state index in [-0.39, 0.29) is 0 Å². The zero-order chi connectivity index (χ0) is 8.97. The molecule has 2 atom stereocenters. The summed E-state index contributed by atoms with van der Waals surface area (Å²) in [6.07, 6.45) is 1.29. The van der Waals surface area contributed by atoms with Crippen molar-refractivity contribution in [3.05, 3.63) is 0 Å². The number of thioether (sulfide) groups is 1. The molecule has 1 fully saturated rings. The highest BCUT2D eigenvalue weighted by molar-refractivity contribution is 8.00. The summed E-state index contributed by atoms with van der Waals surface area (Å²) in [5.41, 5.74) is 5.76. The lowest BCUT2D eigenvalue weighted by Crippen LogP contribution is -2.43. The van der Waals surface area contributed by atoms with E-state index in [0.29, 0.717) is 6.04 Å². The van der Waals surface area contributed by atoms with Crippen molar-refractivity contribution in [1.29, 1.82) is 0 Å². The van der Waals surface area contributed by atoms with E-state index in [2.05, 4.69) is 30.5 Å². The van der Waals surface area contributed by atoms with Gasteiger partial charge in [-0.05, 0) is 13.3 Å². The quantitative estimate of drug-likeness (QED) is 0.721. The molecule has 0 spiro atoms. The van der Waals surface area contributed by atoms with Crippen molar-refractivity contribution in [2.45, 2.75) is 31.6 Å². The third-order valence-corrected chi connectivity index (χ3v) is 3.60. The molecule has 2 N–H and O–H groups in total. The first-order valence-corrected chi connectivity index (χ1v) is 5.86. The number of nitrogens with two attached hydrogens (primary N) is 1. The van der Waals surface area contributed by atoms with Crippen molar-refractivity contribution in [3.8, 4) is 0 Å². The van der Waals surface area contributed by atoms with Gasteiger partial charge in [0.15, 0.2) is 0 Å². The molecule has 0 bridgehead atoms. The van der Waals surface area contributed by atoms with Gasteiger partial charge in [-0.25, -0.2) is 0 Å². The highest BCUT2D eigenvalue weighted by atomic mass is 32.2.